The molecule has 6 heteroatoms. The average Bonchev–Trinajstić information content (AvgIpc) is 2.29. The van der Waals surface area contributed by atoms with Gasteiger partial charge in [-0.25, -0.2) is 13.2 Å². The Bertz CT molecular complexity index is 814. The standard InChI is InChI=1S/C14H18N2O3S/c1-14(2,3)12-10-7-5-6-8-11(10)16(13(17)15-12)9-20(4,18)19/h5-8H,9H2,1-4H3. The van der Waals surface area contributed by atoms with Gasteiger partial charge in [0.25, 0.3) is 0 Å². The number of sulfone groups is 1. The van der Waals surface area contributed by atoms with Gasteiger partial charge in [0, 0.05) is 17.1 Å². The molecule has 0 atom stereocenters. The van der Waals surface area contributed by atoms with Crippen LogP contribution in [0.4, 0.5) is 0 Å². The van der Waals surface area contributed by atoms with Gasteiger partial charge in [-0.3, -0.25) is 4.57 Å². The molecule has 1 aromatic heterocycles. The first-order valence-electron chi connectivity index (χ1n) is 6.27. The molecule has 2 aromatic rings. The molecule has 0 radical (unpaired) electrons. The Labute approximate surface area is 118 Å². The minimum Gasteiger partial charge on any atom is -0.277 e. The Balaban J connectivity index is 2.87. The number of fused-ring (bicyclic) bond motifs is 1. The van der Waals surface area contributed by atoms with Crippen molar-refractivity contribution in [3.05, 3.63) is 40.4 Å². The van der Waals surface area contributed by atoms with Gasteiger partial charge in [-0.15, -0.1) is 0 Å². The van der Waals surface area contributed by atoms with E-state index in [9.17, 15) is 13.2 Å². The smallest absolute Gasteiger partial charge is 0.277 e. The quantitative estimate of drug-likeness (QED) is 0.845. The molecule has 0 aliphatic carbocycles. The lowest BCUT2D eigenvalue weighted by Crippen LogP contribution is -2.30. The van der Waals surface area contributed by atoms with Crippen molar-refractivity contribution in [2.75, 3.05) is 6.26 Å². The fraction of sp³-hybridized carbons (Fsp3) is 0.429. The van der Waals surface area contributed by atoms with Crippen molar-refractivity contribution >= 4 is 20.7 Å². The Morgan fingerprint density at radius 2 is 1.80 bits per heavy atom. The van der Waals surface area contributed by atoms with Crippen LogP contribution in [0.5, 0.6) is 0 Å². The number of nitrogens with zero attached hydrogens (tertiary/aromatic N) is 2. The van der Waals surface area contributed by atoms with Gasteiger partial charge in [-0.05, 0) is 6.07 Å². The molecule has 20 heavy (non-hydrogen) atoms. The zero-order chi connectivity index (χ0) is 15.1. The van der Waals surface area contributed by atoms with E-state index in [1.54, 1.807) is 12.1 Å². The molecule has 2 rings (SSSR count). The highest BCUT2D eigenvalue weighted by Crippen LogP contribution is 2.26. The van der Waals surface area contributed by atoms with Crippen molar-refractivity contribution in [2.45, 2.75) is 32.1 Å². The molecule has 1 heterocycles. The van der Waals surface area contributed by atoms with Crippen LogP contribution in [0.3, 0.4) is 0 Å². The zero-order valence-electron chi connectivity index (χ0n) is 12.0. The molecule has 0 amide bonds. The molecule has 0 saturated heterocycles. The Hall–Kier alpha value is -1.69. The highest BCUT2D eigenvalue weighted by atomic mass is 32.2. The third-order valence-electron chi connectivity index (χ3n) is 2.96. The van der Waals surface area contributed by atoms with E-state index in [-0.39, 0.29) is 11.3 Å². The van der Waals surface area contributed by atoms with Crippen LogP contribution >= 0.6 is 0 Å². The fourth-order valence-corrected chi connectivity index (χ4v) is 2.88. The van der Waals surface area contributed by atoms with Crippen LogP contribution in [0.2, 0.25) is 0 Å². The molecule has 0 N–H and O–H groups in total. The highest BCUT2D eigenvalue weighted by molar-refractivity contribution is 7.89. The number of para-hydroxylation sites is 1. The van der Waals surface area contributed by atoms with Gasteiger partial charge in [-0.1, -0.05) is 39.0 Å². The van der Waals surface area contributed by atoms with Crippen LogP contribution in [0, 0.1) is 0 Å². The van der Waals surface area contributed by atoms with Gasteiger partial charge >= 0.3 is 5.69 Å². The van der Waals surface area contributed by atoms with Gasteiger partial charge in [0.15, 0.2) is 9.84 Å². The molecular formula is C14H18N2O3S. The first kappa shape index (κ1) is 14.7. The summed E-state index contributed by atoms with van der Waals surface area (Å²) in [5.41, 5.74) is 0.466. The largest absolute Gasteiger partial charge is 0.349 e. The molecular weight excluding hydrogens is 276 g/mol. The van der Waals surface area contributed by atoms with Gasteiger partial charge in [0.1, 0.15) is 5.88 Å². The minimum absolute atomic E-state index is 0.289. The van der Waals surface area contributed by atoms with E-state index in [4.69, 9.17) is 0 Å². The lowest BCUT2D eigenvalue weighted by Gasteiger charge is -2.21. The van der Waals surface area contributed by atoms with Gasteiger partial charge in [0.05, 0.1) is 11.2 Å². The maximum absolute atomic E-state index is 12.2. The topological polar surface area (TPSA) is 69.0 Å². The van der Waals surface area contributed by atoms with Gasteiger partial charge in [0.2, 0.25) is 0 Å². The van der Waals surface area contributed by atoms with Crippen LogP contribution in [-0.4, -0.2) is 24.2 Å². The van der Waals surface area contributed by atoms with E-state index in [0.29, 0.717) is 11.2 Å². The van der Waals surface area contributed by atoms with Crippen molar-refractivity contribution in [3.63, 3.8) is 0 Å². The lowest BCUT2D eigenvalue weighted by molar-refractivity contribution is 0.563. The monoisotopic (exact) mass is 294 g/mol. The molecule has 0 saturated carbocycles. The second kappa shape index (κ2) is 4.70. The summed E-state index contributed by atoms with van der Waals surface area (Å²) in [6.45, 7) is 5.92. The first-order valence-corrected chi connectivity index (χ1v) is 8.33. The predicted octanol–water partition coefficient (Wildman–Crippen LogP) is 1.70. The number of aromatic nitrogens is 2. The van der Waals surface area contributed by atoms with Crippen molar-refractivity contribution in [1.82, 2.24) is 9.55 Å². The van der Waals surface area contributed by atoms with Gasteiger partial charge < -0.3 is 0 Å². The van der Waals surface area contributed by atoms with Crippen LogP contribution < -0.4 is 5.69 Å². The summed E-state index contributed by atoms with van der Waals surface area (Å²) in [6.07, 6.45) is 1.10. The van der Waals surface area contributed by atoms with E-state index in [1.165, 1.54) is 4.57 Å². The van der Waals surface area contributed by atoms with Crippen LogP contribution in [-0.2, 0) is 21.1 Å². The first-order chi connectivity index (χ1) is 9.09. The van der Waals surface area contributed by atoms with Crippen LogP contribution in [0.25, 0.3) is 10.9 Å². The third kappa shape index (κ3) is 2.90. The summed E-state index contributed by atoms with van der Waals surface area (Å²) >= 11 is 0. The molecule has 5 nitrogen and oxygen atoms in total. The van der Waals surface area contributed by atoms with Crippen molar-refractivity contribution < 1.29 is 8.42 Å². The molecule has 0 aliphatic rings. The second-order valence-corrected chi connectivity index (χ2v) is 8.10. The van der Waals surface area contributed by atoms with Gasteiger partial charge in [-0.2, -0.15) is 4.98 Å². The molecule has 1 aromatic carbocycles. The summed E-state index contributed by atoms with van der Waals surface area (Å²) in [5.74, 6) is -0.357. The second-order valence-electron chi connectivity index (χ2n) is 5.99. The Morgan fingerprint density at radius 1 is 1.20 bits per heavy atom. The molecule has 0 fully saturated rings. The van der Waals surface area contributed by atoms with E-state index in [0.717, 1.165) is 11.6 Å². The highest BCUT2D eigenvalue weighted by Gasteiger charge is 2.22. The van der Waals surface area contributed by atoms with E-state index in [2.05, 4.69) is 4.98 Å². The third-order valence-corrected chi connectivity index (χ3v) is 3.69. The summed E-state index contributed by atoms with van der Waals surface area (Å²) in [4.78, 5) is 16.3. The molecule has 0 spiro atoms. The SMILES string of the molecule is CC(C)(C)c1nc(=O)n(CS(C)(=O)=O)c2ccccc12. The van der Waals surface area contributed by atoms with Crippen molar-refractivity contribution in [1.29, 1.82) is 0 Å². The number of rotatable bonds is 2. The van der Waals surface area contributed by atoms with E-state index < -0.39 is 15.5 Å². The number of hydrogen-bond donors (Lipinski definition) is 0. The van der Waals surface area contributed by atoms with Crippen molar-refractivity contribution in [2.24, 2.45) is 0 Å². The van der Waals surface area contributed by atoms with Crippen LogP contribution in [0.15, 0.2) is 29.1 Å². The maximum Gasteiger partial charge on any atom is 0.349 e. The van der Waals surface area contributed by atoms with E-state index >= 15 is 0 Å². The maximum atomic E-state index is 12.2. The number of benzene rings is 1. The Kier molecular flexibility index (Phi) is 3.46. The summed E-state index contributed by atoms with van der Waals surface area (Å²) in [7, 11) is -3.32. The fourth-order valence-electron chi connectivity index (χ4n) is 2.16. The molecule has 0 unspecified atom stereocenters. The van der Waals surface area contributed by atoms with Crippen molar-refractivity contribution in [3.8, 4) is 0 Å². The summed E-state index contributed by atoms with van der Waals surface area (Å²) in [5, 5.41) is 0.809. The predicted molar refractivity (Wildman–Crippen MR) is 79.5 cm³/mol. The summed E-state index contributed by atoms with van der Waals surface area (Å²) < 4.78 is 24.2. The lowest BCUT2D eigenvalue weighted by atomic mass is 9.89. The normalized spacial score (nSPS) is 12.8. The van der Waals surface area contributed by atoms with Crippen LogP contribution in [0.1, 0.15) is 26.5 Å². The molecule has 0 aliphatic heterocycles. The minimum atomic E-state index is -3.32. The van der Waals surface area contributed by atoms with E-state index in [1.807, 2.05) is 32.9 Å². The average molecular weight is 294 g/mol. The zero-order valence-corrected chi connectivity index (χ0v) is 12.9. The summed E-state index contributed by atoms with van der Waals surface area (Å²) in [6, 6.07) is 7.25. The molecule has 0 bridgehead atoms. The Morgan fingerprint density at radius 3 is 2.35 bits per heavy atom. The number of hydrogen-bond acceptors (Lipinski definition) is 4. The molecule has 108 valence electrons.